The van der Waals surface area contributed by atoms with Gasteiger partial charge in [0.25, 0.3) is 0 Å². The summed E-state index contributed by atoms with van der Waals surface area (Å²) in [6, 6.07) is 4.32. The number of rotatable bonds is 6. The molecule has 1 saturated carbocycles. The molecule has 3 heteroatoms. The monoisotopic (exact) mass is 304 g/mol. The Bertz CT molecular complexity index is 528. The van der Waals surface area contributed by atoms with Crippen molar-refractivity contribution in [3.8, 4) is 5.75 Å². The first-order valence-electron chi connectivity index (χ1n) is 8.42. The molecule has 3 nitrogen and oxygen atoms in total. The van der Waals surface area contributed by atoms with Gasteiger partial charge in [-0.2, -0.15) is 0 Å². The zero-order valence-electron chi connectivity index (χ0n) is 14.1. The number of methoxy groups -OCH3 is 1. The maximum atomic E-state index is 10.9. The van der Waals surface area contributed by atoms with Crippen molar-refractivity contribution in [2.75, 3.05) is 7.11 Å². The van der Waals surface area contributed by atoms with E-state index in [2.05, 4.69) is 26.0 Å². The van der Waals surface area contributed by atoms with Crippen molar-refractivity contribution in [1.82, 2.24) is 0 Å². The highest BCUT2D eigenvalue weighted by Crippen LogP contribution is 2.44. The second-order valence-electron chi connectivity index (χ2n) is 6.70. The molecule has 1 aromatic carbocycles. The van der Waals surface area contributed by atoms with Gasteiger partial charge in [-0.05, 0) is 42.2 Å². The van der Waals surface area contributed by atoms with E-state index in [9.17, 15) is 4.79 Å². The number of benzene rings is 1. The molecule has 0 bridgehead atoms. The van der Waals surface area contributed by atoms with Crippen LogP contribution < -0.4 is 4.74 Å². The second-order valence-corrected chi connectivity index (χ2v) is 6.70. The predicted octanol–water partition coefficient (Wildman–Crippen LogP) is 4.50. The summed E-state index contributed by atoms with van der Waals surface area (Å²) in [6.07, 6.45) is 7.91. The third-order valence-electron chi connectivity index (χ3n) is 5.05. The van der Waals surface area contributed by atoms with Crippen LogP contribution in [-0.2, 0) is 23.1 Å². The molecule has 0 unspecified atom stereocenters. The van der Waals surface area contributed by atoms with E-state index in [0.717, 1.165) is 17.7 Å². The van der Waals surface area contributed by atoms with Crippen LogP contribution in [-0.4, -0.2) is 18.2 Å². The van der Waals surface area contributed by atoms with Crippen molar-refractivity contribution in [2.24, 2.45) is 0 Å². The molecule has 1 aliphatic rings. The summed E-state index contributed by atoms with van der Waals surface area (Å²) in [6.45, 7) is 4.47. The molecule has 1 fully saturated rings. The lowest BCUT2D eigenvalue weighted by atomic mass is 9.70. The van der Waals surface area contributed by atoms with Gasteiger partial charge in [-0.25, -0.2) is 0 Å². The Balaban J connectivity index is 2.44. The fourth-order valence-corrected chi connectivity index (χ4v) is 3.70. The number of ether oxygens (including phenoxy) is 1. The van der Waals surface area contributed by atoms with E-state index in [-0.39, 0.29) is 11.8 Å². The van der Waals surface area contributed by atoms with Gasteiger partial charge in [-0.3, -0.25) is 4.79 Å². The third kappa shape index (κ3) is 3.63. The van der Waals surface area contributed by atoms with Crippen LogP contribution in [0.15, 0.2) is 12.1 Å². The molecule has 2 rings (SSSR count). The summed E-state index contributed by atoms with van der Waals surface area (Å²) < 4.78 is 5.75. The fraction of sp³-hybridized carbons (Fsp3) is 0.632. The topological polar surface area (TPSA) is 46.5 Å². The van der Waals surface area contributed by atoms with Gasteiger partial charge < -0.3 is 9.84 Å². The molecule has 0 saturated heterocycles. The van der Waals surface area contributed by atoms with Gasteiger partial charge in [0.15, 0.2) is 0 Å². The number of carboxylic acids is 1. The molecule has 22 heavy (non-hydrogen) atoms. The van der Waals surface area contributed by atoms with Crippen molar-refractivity contribution in [3.63, 3.8) is 0 Å². The molecule has 1 aromatic rings. The molecule has 0 aromatic heterocycles. The van der Waals surface area contributed by atoms with Crippen molar-refractivity contribution in [2.45, 2.75) is 70.6 Å². The zero-order chi connectivity index (χ0) is 16.2. The summed E-state index contributed by atoms with van der Waals surface area (Å²) in [7, 11) is 1.75. The molecule has 0 spiro atoms. The molecule has 0 heterocycles. The first-order chi connectivity index (χ1) is 10.5. The summed E-state index contributed by atoms with van der Waals surface area (Å²) in [5.41, 5.74) is 3.77. The van der Waals surface area contributed by atoms with E-state index >= 15 is 0 Å². The van der Waals surface area contributed by atoms with Crippen molar-refractivity contribution < 1.29 is 14.6 Å². The standard InChI is InChI=1S/C19H28O3/c1-4-15-12-14(8-9-17(20)21)13-16(18(15)22-3)19(2)10-6-5-7-11-19/h12-13H,4-11H2,1-3H3,(H,20,21). The van der Waals surface area contributed by atoms with Crippen LogP contribution in [0.4, 0.5) is 0 Å². The highest BCUT2D eigenvalue weighted by atomic mass is 16.5. The van der Waals surface area contributed by atoms with Gasteiger partial charge in [0.1, 0.15) is 5.75 Å². The molecule has 0 aliphatic heterocycles. The minimum absolute atomic E-state index is 0.159. The van der Waals surface area contributed by atoms with Gasteiger partial charge in [-0.1, -0.05) is 45.2 Å². The number of aryl methyl sites for hydroxylation is 2. The van der Waals surface area contributed by atoms with Crippen molar-refractivity contribution >= 4 is 5.97 Å². The highest BCUT2D eigenvalue weighted by Gasteiger charge is 2.32. The Morgan fingerprint density at radius 1 is 1.27 bits per heavy atom. The number of carbonyl (C=O) groups is 1. The number of hydrogen-bond acceptors (Lipinski definition) is 2. The van der Waals surface area contributed by atoms with Crippen LogP contribution in [0.5, 0.6) is 5.75 Å². The minimum atomic E-state index is -0.737. The molecule has 0 radical (unpaired) electrons. The number of carboxylic acid groups (broad SMARTS) is 1. The highest BCUT2D eigenvalue weighted by molar-refractivity contribution is 5.67. The van der Waals surface area contributed by atoms with Crippen LogP contribution in [0, 0.1) is 0 Å². The van der Waals surface area contributed by atoms with Crippen LogP contribution in [0.3, 0.4) is 0 Å². The van der Waals surface area contributed by atoms with Crippen molar-refractivity contribution in [3.05, 3.63) is 28.8 Å². The Morgan fingerprint density at radius 2 is 1.95 bits per heavy atom. The first kappa shape index (κ1) is 16.9. The van der Waals surface area contributed by atoms with Gasteiger partial charge in [-0.15, -0.1) is 0 Å². The lowest BCUT2D eigenvalue weighted by molar-refractivity contribution is -0.136. The Morgan fingerprint density at radius 3 is 2.50 bits per heavy atom. The van der Waals surface area contributed by atoms with Crippen LogP contribution in [0.2, 0.25) is 0 Å². The maximum Gasteiger partial charge on any atom is 0.303 e. The van der Waals surface area contributed by atoms with E-state index in [1.807, 2.05) is 0 Å². The summed E-state index contributed by atoms with van der Waals surface area (Å²) in [5.74, 6) is 0.283. The van der Waals surface area contributed by atoms with E-state index < -0.39 is 5.97 Å². The second kappa shape index (κ2) is 7.17. The summed E-state index contributed by atoms with van der Waals surface area (Å²) in [4.78, 5) is 10.9. The molecular formula is C19H28O3. The van der Waals surface area contributed by atoms with E-state index in [0.29, 0.717) is 6.42 Å². The Hall–Kier alpha value is -1.51. The lowest BCUT2D eigenvalue weighted by Crippen LogP contribution is -2.26. The van der Waals surface area contributed by atoms with E-state index in [1.165, 1.54) is 43.2 Å². The molecule has 0 amide bonds. The number of hydrogen-bond donors (Lipinski definition) is 1. The van der Waals surface area contributed by atoms with Gasteiger partial charge in [0, 0.05) is 12.0 Å². The first-order valence-corrected chi connectivity index (χ1v) is 8.42. The summed E-state index contributed by atoms with van der Waals surface area (Å²) in [5, 5.41) is 8.95. The Labute approximate surface area is 133 Å². The molecule has 0 atom stereocenters. The van der Waals surface area contributed by atoms with Gasteiger partial charge in [0.05, 0.1) is 7.11 Å². The van der Waals surface area contributed by atoms with Crippen LogP contribution in [0.1, 0.15) is 69.1 Å². The molecule has 1 N–H and O–H groups in total. The average Bonchev–Trinajstić information content (AvgIpc) is 2.52. The van der Waals surface area contributed by atoms with E-state index in [4.69, 9.17) is 9.84 Å². The average molecular weight is 304 g/mol. The van der Waals surface area contributed by atoms with Crippen LogP contribution in [0.25, 0.3) is 0 Å². The van der Waals surface area contributed by atoms with E-state index in [1.54, 1.807) is 7.11 Å². The third-order valence-corrected chi connectivity index (χ3v) is 5.05. The van der Waals surface area contributed by atoms with Crippen molar-refractivity contribution in [1.29, 1.82) is 0 Å². The lowest BCUT2D eigenvalue weighted by Gasteiger charge is -2.36. The number of aliphatic carboxylic acids is 1. The summed E-state index contributed by atoms with van der Waals surface area (Å²) >= 11 is 0. The smallest absolute Gasteiger partial charge is 0.303 e. The normalized spacial score (nSPS) is 17.2. The molecule has 122 valence electrons. The van der Waals surface area contributed by atoms with Gasteiger partial charge in [0.2, 0.25) is 0 Å². The van der Waals surface area contributed by atoms with Gasteiger partial charge >= 0.3 is 5.97 Å². The Kier molecular flexibility index (Phi) is 5.49. The minimum Gasteiger partial charge on any atom is -0.496 e. The largest absolute Gasteiger partial charge is 0.496 e. The van der Waals surface area contributed by atoms with Crippen LogP contribution >= 0.6 is 0 Å². The molecular weight excluding hydrogens is 276 g/mol. The SMILES string of the molecule is CCc1cc(CCC(=O)O)cc(C2(C)CCCCC2)c1OC. The maximum absolute atomic E-state index is 10.9. The predicted molar refractivity (Wildman–Crippen MR) is 88.8 cm³/mol. The molecule has 1 aliphatic carbocycles. The zero-order valence-corrected chi connectivity index (χ0v) is 14.1. The fourth-order valence-electron chi connectivity index (χ4n) is 3.70. The quantitative estimate of drug-likeness (QED) is 0.842.